The Kier molecular flexibility index (Phi) is 4.53. The highest BCUT2D eigenvalue weighted by atomic mass is 16.3. The van der Waals surface area contributed by atoms with E-state index in [2.05, 4.69) is 5.32 Å². The van der Waals surface area contributed by atoms with Crippen molar-refractivity contribution >= 4 is 11.5 Å². The van der Waals surface area contributed by atoms with Crippen LogP contribution in [0.3, 0.4) is 0 Å². The van der Waals surface area contributed by atoms with E-state index in [1.165, 1.54) is 35.9 Å². The van der Waals surface area contributed by atoms with Gasteiger partial charge in [0.2, 0.25) is 0 Å². The number of nitrogens with zero attached hydrogens (tertiary/aromatic N) is 3. The number of phenols is 4. The molecule has 0 spiro atoms. The lowest BCUT2D eigenvalue weighted by Gasteiger charge is -2.19. The predicted molar refractivity (Wildman–Crippen MR) is 109 cm³/mol. The summed E-state index contributed by atoms with van der Waals surface area (Å²) in [6, 6.07) is 8.66. The molecule has 5 N–H and O–H groups in total. The Morgan fingerprint density at radius 2 is 1.43 bits per heavy atom. The topological polar surface area (TPSA) is 140 Å². The largest absolute Gasteiger partial charge is 0.504 e. The van der Waals surface area contributed by atoms with Crippen molar-refractivity contribution in [1.29, 1.82) is 0 Å². The van der Waals surface area contributed by atoms with Gasteiger partial charge in [0.25, 0.3) is 5.56 Å². The fourth-order valence-corrected chi connectivity index (χ4v) is 3.48. The van der Waals surface area contributed by atoms with Gasteiger partial charge in [-0.1, -0.05) is 12.1 Å². The van der Waals surface area contributed by atoms with E-state index in [0.29, 0.717) is 22.6 Å². The first-order chi connectivity index (χ1) is 14.3. The van der Waals surface area contributed by atoms with Crippen LogP contribution in [-0.2, 0) is 20.1 Å². The average molecular weight is 412 g/mol. The molecule has 0 bridgehead atoms. The van der Waals surface area contributed by atoms with Crippen LogP contribution in [0.1, 0.15) is 11.1 Å². The second kappa shape index (κ2) is 7.07. The minimum atomic E-state index is -0.525. The minimum Gasteiger partial charge on any atom is -0.504 e. The molecule has 0 saturated carbocycles. The number of fused-ring (bicyclic) bond motifs is 1. The van der Waals surface area contributed by atoms with Gasteiger partial charge in [0.05, 0.1) is 13.2 Å². The zero-order chi connectivity index (χ0) is 21.6. The van der Waals surface area contributed by atoms with Crippen molar-refractivity contribution in [2.45, 2.75) is 13.1 Å². The van der Waals surface area contributed by atoms with E-state index in [-0.39, 0.29) is 42.8 Å². The van der Waals surface area contributed by atoms with Crippen molar-refractivity contribution in [3.8, 4) is 23.0 Å². The molecule has 156 valence electrons. The van der Waals surface area contributed by atoms with Gasteiger partial charge in [-0.3, -0.25) is 13.9 Å². The number of aromatic hydroxyl groups is 4. The van der Waals surface area contributed by atoms with Crippen molar-refractivity contribution in [2.75, 3.05) is 16.9 Å². The first-order valence-electron chi connectivity index (χ1n) is 9.10. The van der Waals surface area contributed by atoms with Crippen LogP contribution in [0.2, 0.25) is 0 Å². The lowest BCUT2D eigenvalue weighted by molar-refractivity contribution is 0.403. The molecule has 2 aromatic carbocycles. The van der Waals surface area contributed by atoms with Crippen LogP contribution in [0.4, 0.5) is 11.5 Å². The molecule has 1 aliphatic rings. The Morgan fingerprint density at radius 1 is 0.867 bits per heavy atom. The summed E-state index contributed by atoms with van der Waals surface area (Å²) in [5.41, 5.74) is 0.545. The number of hydrogen-bond acceptors (Lipinski definition) is 8. The number of hydrogen-bond donors (Lipinski definition) is 5. The molecule has 0 radical (unpaired) electrons. The maximum absolute atomic E-state index is 12.8. The molecular formula is C20H20N4O6. The average Bonchev–Trinajstić information content (AvgIpc) is 3.12. The molecule has 0 atom stereocenters. The number of phenolic OH excluding ortho intramolecular Hbond substituents is 4. The van der Waals surface area contributed by atoms with Gasteiger partial charge in [0.1, 0.15) is 11.5 Å². The van der Waals surface area contributed by atoms with Gasteiger partial charge >= 0.3 is 5.69 Å². The second-order valence-corrected chi connectivity index (χ2v) is 7.11. The summed E-state index contributed by atoms with van der Waals surface area (Å²) in [6.07, 6.45) is 0. The SMILES string of the molecule is Cn1c(=O)c2c(n(Cc3ccc(O)c(O)c3)c1=O)NCN2Cc1ccc(O)c(O)c1. The van der Waals surface area contributed by atoms with E-state index in [1.54, 1.807) is 17.0 Å². The van der Waals surface area contributed by atoms with Gasteiger partial charge in [-0.2, -0.15) is 0 Å². The number of benzene rings is 2. The molecule has 0 unspecified atom stereocenters. The third kappa shape index (κ3) is 3.17. The summed E-state index contributed by atoms with van der Waals surface area (Å²) >= 11 is 0. The van der Waals surface area contributed by atoms with Gasteiger partial charge in [-0.05, 0) is 35.4 Å². The third-order valence-corrected chi connectivity index (χ3v) is 5.07. The lowest BCUT2D eigenvalue weighted by atomic mass is 10.2. The van der Waals surface area contributed by atoms with Crippen LogP contribution in [0.15, 0.2) is 46.0 Å². The van der Waals surface area contributed by atoms with Crippen LogP contribution in [0.25, 0.3) is 0 Å². The normalized spacial score (nSPS) is 12.6. The van der Waals surface area contributed by atoms with Crippen molar-refractivity contribution < 1.29 is 20.4 Å². The summed E-state index contributed by atoms with van der Waals surface area (Å²) in [5, 5.41) is 41.5. The Morgan fingerprint density at radius 3 is 2.00 bits per heavy atom. The standard InChI is InChI=1S/C20H20N4O6/c1-22-19(29)17-18(21-10-23(17)8-11-2-4-13(25)15(27)6-11)24(20(22)30)9-12-3-5-14(26)16(28)7-12/h2-7,21,25-28H,8-10H2,1H3. The van der Waals surface area contributed by atoms with Crippen LogP contribution >= 0.6 is 0 Å². The van der Waals surface area contributed by atoms with E-state index in [1.807, 2.05) is 0 Å². The highest BCUT2D eigenvalue weighted by Crippen LogP contribution is 2.31. The molecule has 1 aromatic heterocycles. The number of aromatic nitrogens is 2. The van der Waals surface area contributed by atoms with Crippen molar-refractivity contribution in [3.05, 3.63) is 68.4 Å². The highest BCUT2D eigenvalue weighted by Gasteiger charge is 2.28. The maximum Gasteiger partial charge on any atom is 0.332 e. The Balaban J connectivity index is 1.75. The third-order valence-electron chi connectivity index (χ3n) is 5.07. The van der Waals surface area contributed by atoms with E-state index < -0.39 is 11.2 Å². The van der Waals surface area contributed by atoms with Crippen molar-refractivity contribution in [1.82, 2.24) is 9.13 Å². The van der Waals surface area contributed by atoms with Crippen LogP contribution in [0.5, 0.6) is 23.0 Å². The lowest BCUT2D eigenvalue weighted by Crippen LogP contribution is -2.40. The molecule has 10 nitrogen and oxygen atoms in total. The number of rotatable bonds is 4. The molecule has 2 heterocycles. The molecular weight excluding hydrogens is 392 g/mol. The molecule has 1 aliphatic heterocycles. The first kappa shape index (κ1) is 19.2. The smallest absolute Gasteiger partial charge is 0.332 e. The highest BCUT2D eigenvalue weighted by molar-refractivity contribution is 5.70. The van der Waals surface area contributed by atoms with E-state index in [4.69, 9.17) is 0 Å². The van der Waals surface area contributed by atoms with Gasteiger partial charge in [-0.25, -0.2) is 4.79 Å². The summed E-state index contributed by atoms with van der Waals surface area (Å²) in [7, 11) is 1.39. The fourth-order valence-electron chi connectivity index (χ4n) is 3.48. The van der Waals surface area contributed by atoms with E-state index >= 15 is 0 Å². The van der Waals surface area contributed by atoms with Gasteiger partial charge in [0.15, 0.2) is 23.0 Å². The molecule has 0 fully saturated rings. The van der Waals surface area contributed by atoms with Crippen LogP contribution in [0, 0.1) is 0 Å². The minimum absolute atomic E-state index is 0.0734. The zero-order valence-corrected chi connectivity index (χ0v) is 16.0. The van der Waals surface area contributed by atoms with Crippen LogP contribution in [-0.4, -0.2) is 36.2 Å². The van der Waals surface area contributed by atoms with E-state index in [9.17, 15) is 30.0 Å². The monoisotopic (exact) mass is 412 g/mol. The van der Waals surface area contributed by atoms with Gasteiger partial charge in [-0.15, -0.1) is 0 Å². The number of nitrogens with one attached hydrogen (secondary N) is 1. The second-order valence-electron chi connectivity index (χ2n) is 7.11. The van der Waals surface area contributed by atoms with Crippen molar-refractivity contribution in [3.63, 3.8) is 0 Å². The molecule has 4 rings (SSSR count). The molecule has 0 amide bonds. The Labute approximate surface area is 170 Å². The van der Waals surface area contributed by atoms with Gasteiger partial charge < -0.3 is 30.6 Å². The first-order valence-corrected chi connectivity index (χ1v) is 9.10. The number of anilines is 2. The quantitative estimate of drug-likeness (QED) is 0.397. The Bertz CT molecular complexity index is 1260. The molecule has 0 aliphatic carbocycles. The predicted octanol–water partition coefficient (Wildman–Crippen LogP) is 0.807. The van der Waals surface area contributed by atoms with Gasteiger partial charge in [0, 0.05) is 13.6 Å². The summed E-state index contributed by atoms with van der Waals surface area (Å²) in [4.78, 5) is 27.3. The maximum atomic E-state index is 12.8. The fraction of sp³-hybridized carbons (Fsp3) is 0.200. The molecule has 10 heteroatoms. The molecule has 0 saturated heterocycles. The zero-order valence-electron chi connectivity index (χ0n) is 16.0. The molecule has 3 aromatic rings. The Hall–Kier alpha value is -4.08. The van der Waals surface area contributed by atoms with Crippen molar-refractivity contribution in [2.24, 2.45) is 7.05 Å². The van der Waals surface area contributed by atoms with E-state index in [0.717, 1.165) is 4.57 Å². The molecule has 30 heavy (non-hydrogen) atoms. The summed E-state index contributed by atoms with van der Waals surface area (Å²) in [6.45, 7) is 0.599. The summed E-state index contributed by atoms with van der Waals surface area (Å²) in [5.74, 6) is -0.717. The van der Waals surface area contributed by atoms with Crippen LogP contribution < -0.4 is 21.5 Å². The summed E-state index contributed by atoms with van der Waals surface area (Å²) < 4.78 is 2.39.